The fourth-order valence-electron chi connectivity index (χ4n) is 1.57. The number of benzene rings is 1. The molecule has 1 aromatic carbocycles. The molecule has 1 heterocycles. The summed E-state index contributed by atoms with van der Waals surface area (Å²) >= 11 is 0. The molecule has 0 N–H and O–H groups in total. The third-order valence-corrected chi connectivity index (χ3v) is 2.82. The summed E-state index contributed by atoms with van der Waals surface area (Å²) in [4.78, 5) is 0. The van der Waals surface area contributed by atoms with Gasteiger partial charge in [0.25, 0.3) is 0 Å². The molecule has 0 saturated heterocycles. The molecule has 0 unspecified atom stereocenters. The lowest BCUT2D eigenvalue weighted by molar-refractivity contribution is 0.298. The van der Waals surface area contributed by atoms with Crippen molar-refractivity contribution in [3.05, 3.63) is 46.3 Å². The summed E-state index contributed by atoms with van der Waals surface area (Å²) in [6, 6.07) is 2.33. The van der Waals surface area contributed by atoms with Crippen molar-refractivity contribution in [1.29, 1.82) is 0 Å². The van der Waals surface area contributed by atoms with E-state index in [0.717, 1.165) is 17.7 Å². The molecule has 2 aromatic rings. The van der Waals surface area contributed by atoms with Gasteiger partial charge < -0.3 is 9.26 Å². The highest BCUT2D eigenvalue weighted by atomic mass is 19.1. The zero-order valence-corrected chi connectivity index (χ0v) is 10.4. The maximum atomic E-state index is 13.3. The molecule has 5 heteroatoms. The summed E-state index contributed by atoms with van der Waals surface area (Å²) in [5.41, 5.74) is 1.48. The third kappa shape index (κ3) is 2.34. The molecule has 1 aromatic heterocycles. The monoisotopic (exact) mass is 253 g/mol. The zero-order chi connectivity index (χ0) is 13.3. The minimum Gasteiger partial charge on any atom is -0.488 e. The summed E-state index contributed by atoms with van der Waals surface area (Å²) in [6.45, 7) is 5.09. The lowest BCUT2D eigenvalue weighted by atomic mass is 10.2. The largest absolute Gasteiger partial charge is 0.488 e. The maximum Gasteiger partial charge on any atom is 0.140 e. The van der Waals surface area contributed by atoms with Crippen molar-refractivity contribution in [2.45, 2.75) is 27.4 Å². The van der Waals surface area contributed by atoms with Gasteiger partial charge in [-0.2, -0.15) is 0 Å². The Bertz CT molecular complexity index is 536. The van der Waals surface area contributed by atoms with Crippen molar-refractivity contribution >= 4 is 0 Å². The van der Waals surface area contributed by atoms with Crippen LogP contribution in [0.3, 0.4) is 0 Å². The molecule has 0 saturated carbocycles. The van der Waals surface area contributed by atoms with Gasteiger partial charge in [0.05, 0.1) is 11.3 Å². The van der Waals surface area contributed by atoms with E-state index in [-0.39, 0.29) is 17.9 Å². The lowest BCUT2D eigenvalue weighted by Gasteiger charge is -2.07. The topological polar surface area (TPSA) is 35.3 Å². The fraction of sp³-hybridized carbons (Fsp3) is 0.308. The molecule has 0 radical (unpaired) electrons. The average molecular weight is 253 g/mol. The van der Waals surface area contributed by atoms with Crippen LogP contribution in [-0.2, 0) is 6.61 Å². The minimum atomic E-state index is -0.622. The van der Waals surface area contributed by atoms with E-state index >= 15 is 0 Å². The van der Waals surface area contributed by atoms with Crippen LogP contribution in [0.15, 0.2) is 16.7 Å². The molecule has 0 aliphatic carbocycles. The summed E-state index contributed by atoms with van der Waals surface area (Å²) in [6.07, 6.45) is 0. The van der Waals surface area contributed by atoms with Crippen molar-refractivity contribution in [1.82, 2.24) is 5.16 Å². The Morgan fingerprint density at radius 2 is 1.78 bits per heavy atom. The number of aromatic nitrogens is 1. The second-order valence-corrected chi connectivity index (χ2v) is 4.10. The van der Waals surface area contributed by atoms with Crippen molar-refractivity contribution in [2.24, 2.45) is 0 Å². The van der Waals surface area contributed by atoms with Gasteiger partial charge in [-0.15, -0.1) is 0 Å². The molecule has 0 atom stereocenters. The van der Waals surface area contributed by atoms with Gasteiger partial charge in [-0.1, -0.05) is 5.16 Å². The first-order valence-electron chi connectivity index (χ1n) is 5.49. The Hall–Kier alpha value is -1.91. The van der Waals surface area contributed by atoms with Crippen LogP contribution in [0.1, 0.15) is 22.6 Å². The number of ether oxygens (including phenoxy) is 1. The number of halogens is 2. The molecule has 0 bridgehead atoms. The quantitative estimate of drug-likeness (QED) is 0.840. The summed E-state index contributed by atoms with van der Waals surface area (Å²) in [5, 5.41) is 3.77. The van der Waals surface area contributed by atoms with Crippen molar-refractivity contribution in [3.63, 3.8) is 0 Å². The van der Waals surface area contributed by atoms with Crippen LogP contribution >= 0.6 is 0 Å². The Labute approximate surface area is 103 Å². The number of aryl methyl sites for hydroxylation is 2. The van der Waals surface area contributed by atoms with E-state index in [0.29, 0.717) is 11.5 Å². The lowest BCUT2D eigenvalue weighted by Crippen LogP contribution is -1.99. The fourth-order valence-corrected chi connectivity index (χ4v) is 1.57. The average Bonchev–Trinajstić information content (AvgIpc) is 2.63. The first kappa shape index (κ1) is 12.5. The van der Waals surface area contributed by atoms with Gasteiger partial charge in [0.2, 0.25) is 0 Å². The van der Waals surface area contributed by atoms with Gasteiger partial charge in [-0.3, -0.25) is 0 Å². The Balaban J connectivity index is 2.16. The van der Waals surface area contributed by atoms with Crippen LogP contribution in [0, 0.1) is 32.4 Å². The Morgan fingerprint density at radius 1 is 1.17 bits per heavy atom. The van der Waals surface area contributed by atoms with Crippen LogP contribution in [0.25, 0.3) is 0 Å². The van der Waals surface area contributed by atoms with Gasteiger partial charge in [0.15, 0.2) is 0 Å². The molecule has 2 rings (SSSR count). The second-order valence-electron chi connectivity index (χ2n) is 4.10. The first-order chi connectivity index (χ1) is 8.49. The van der Waals surface area contributed by atoms with E-state index in [2.05, 4.69) is 5.16 Å². The van der Waals surface area contributed by atoms with E-state index in [4.69, 9.17) is 9.26 Å². The molecular weight excluding hydrogens is 240 g/mol. The van der Waals surface area contributed by atoms with E-state index in [1.54, 1.807) is 13.8 Å². The normalized spacial score (nSPS) is 10.7. The molecule has 0 fully saturated rings. The maximum absolute atomic E-state index is 13.3. The zero-order valence-electron chi connectivity index (χ0n) is 10.4. The molecule has 0 amide bonds. The number of hydrogen-bond acceptors (Lipinski definition) is 3. The smallest absolute Gasteiger partial charge is 0.140 e. The van der Waals surface area contributed by atoms with Crippen LogP contribution in [0.4, 0.5) is 8.78 Å². The van der Waals surface area contributed by atoms with Crippen molar-refractivity contribution in [3.8, 4) is 5.75 Å². The highest BCUT2D eigenvalue weighted by Crippen LogP contribution is 2.22. The molecule has 96 valence electrons. The molecular formula is C13H13F2NO2. The standard InChI is InChI=1S/C13H13F2NO2/c1-7-12(14)4-10(5-13(7)15)17-6-11-8(2)16-18-9(11)3/h4-5H,6H2,1-3H3. The van der Waals surface area contributed by atoms with Gasteiger partial charge in [-0.25, -0.2) is 8.78 Å². The summed E-state index contributed by atoms with van der Waals surface area (Å²) in [7, 11) is 0. The highest BCUT2D eigenvalue weighted by Gasteiger charge is 2.11. The Kier molecular flexibility index (Phi) is 3.32. The predicted octanol–water partition coefficient (Wildman–Crippen LogP) is 3.46. The summed E-state index contributed by atoms with van der Waals surface area (Å²) in [5.74, 6) is -0.455. The van der Waals surface area contributed by atoms with E-state index in [1.807, 2.05) is 0 Å². The summed E-state index contributed by atoms with van der Waals surface area (Å²) < 4.78 is 36.9. The third-order valence-electron chi connectivity index (χ3n) is 2.82. The number of rotatable bonds is 3. The van der Waals surface area contributed by atoms with E-state index in [9.17, 15) is 8.78 Å². The van der Waals surface area contributed by atoms with Gasteiger partial charge in [-0.05, 0) is 20.8 Å². The van der Waals surface area contributed by atoms with E-state index < -0.39 is 11.6 Å². The SMILES string of the molecule is Cc1noc(C)c1COc1cc(F)c(C)c(F)c1. The number of nitrogens with zero attached hydrogens (tertiary/aromatic N) is 1. The van der Waals surface area contributed by atoms with Gasteiger partial charge in [0.1, 0.15) is 29.8 Å². The van der Waals surface area contributed by atoms with Gasteiger partial charge in [0, 0.05) is 17.7 Å². The molecule has 0 aliphatic heterocycles. The molecule has 0 aliphatic rings. The Morgan fingerprint density at radius 3 is 2.28 bits per heavy atom. The molecule has 3 nitrogen and oxygen atoms in total. The van der Waals surface area contributed by atoms with Crippen LogP contribution < -0.4 is 4.74 Å². The van der Waals surface area contributed by atoms with Crippen molar-refractivity contribution in [2.75, 3.05) is 0 Å². The second kappa shape index (κ2) is 4.76. The number of hydrogen-bond donors (Lipinski definition) is 0. The van der Waals surface area contributed by atoms with Gasteiger partial charge >= 0.3 is 0 Å². The highest BCUT2D eigenvalue weighted by molar-refractivity contribution is 5.30. The molecule has 0 spiro atoms. The predicted molar refractivity (Wildman–Crippen MR) is 61.4 cm³/mol. The minimum absolute atomic E-state index is 0.0142. The molecule has 18 heavy (non-hydrogen) atoms. The van der Waals surface area contributed by atoms with Crippen LogP contribution in [0.5, 0.6) is 5.75 Å². The van der Waals surface area contributed by atoms with Crippen LogP contribution in [0.2, 0.25) is 0 Å². The van der Waals surface area contributed by atoms with Crippen molar-refractivity contribution < 1.29 is 18.0 Å². The first-order valence-corrected chi connectivity index (χ1v) is 5.49. The van der Waals surface area contributed by atoms with E-state index in [1.165, 1.54) is 6.92 Å². The van der Waals surface area contributed by atoms with Crippen LogP contribution in [-0.4, -0.2) is 5.16 Å².